The monoisotopic (exact) mass is 230 g/mol. The minimum absolute atomic E-state index is 0.536. The lowest BCUT2D eigenvalue weighted by Crippen LogP contribution is -2.33. The summed E-state index contributed by atoms with van der Waals surface area (Å²) in [4.78, 5) is 7.01. The van der Waals surface area contributed by atoms with E-state index in [0.717, 1.165) is 37.1 Å². The number of aromatic amines is 1. The largest absolute Gasteiger partial charge is 0.353 e. The van der Waals surface area contributed by atoms with Crippen molar-refractivity contribution in [1.82, 2.24) is 15.2 Å². The average Bonchev–Trinajstić information content (AvgIpc) is 2.67. The Kier molecular flexibility index (Phi) is 2.50. The molecule has 2 aromatic heterocycles. The van der Waals surface area contributed by atoms with Gasteiger partial charge in [0, 0.05) is 24.5 Å². The van der Waals surface area contributed by atoms with Gasteiger partial charge in [0.25, 0.3) is 0 Å². The van der Waals surface area contributed by atoms with Crippen LogP contribution in [-0.4, -0.2) is 27.8 Å². The molecule has 2 aromatic rings. The van der Waals surface area contributed by atoms with Crippen molar-refractivity contribution in [2.45, 2.75) is 39.2 Å². The maximum Gasteiger partial charge on any atom is 0.140 e. The fraction of sp³-hybridized carbons (Fsp3) is 0.538. The van der Waals surface area contributed by atoms with Gasteiger partial charge < -0.3 is 4.90 Å². The van der Waals surface area contributed by atoms with E-state index in [-0.39, 0.29) is 0 Å². The zero-order valence-corrected chi connectivity index (χ0v) is 10.4. The quantitative estimate of drug-likeness (QED) is 0.862. The van der Waals surface area contributed by atoms with E-state index in [2.05, 4.69) is 33.9 Å². The zero-order chi connectivity index (χ0) is 11.8. The molecule has 90 valence electrons. The molecule has 0 bridgehead atoms. The Morgan fingerprint density at radius 2 is 2.41 bits per heavy atom. The van der Waals surface area contributed by atoms with E-state index in [9.17, 15) is 0 Å². The molecular formula is C13H18N4. The summed E-state index contributed by atoms with van der Waals surface area (Å²) in [6.07, 6.45) is 5.24. The second-order valence-electron chi connectivity index (χ2n) is 4.79. The Morgan fingerprint density at radius 1 is 1.53 bits per heavy atom. The molecule has 0 fully saturated rings. The smallest absolute Gasteiger partial charge is 0.140 e. The number of hydrogen-bond acceptors (Lipinski definition) is 3. The number of aryl methyl sites for hydroxylation is 1. The molecule has 1 aliphatic heterocycles. The van der Waals surface area contributed by atoms with E-state index in [0.29, 0.717) is 6.04 Å². The van der Waals surface area contributed by atoms with Gasteiger partial charge in [0.05, 0.1) is 10.9 Å². The molecule has 0 aliphatic carbocycles. The number of pyridine rings is 1. The van der Waals surface area contributed by atoms with E-state index in [1.54, 1.807) is 0 Å². The maximum atomic E-state index is 4.59. The van der Waals surface area contributed by atoms with Gasteiger partial charge in [-0.1, -0.05) is 6.92 Å². The molecule has 4 heteroatoms. The van der Waals surface area contributed by atoms with Gasteiger partial charge in [-0.25, -0.2) is 4.98 Å². The predicted molar refractivity (Wildman–Crippen MR) is 69.3 cm³/mol. The number of nitrogens with zero attached hydrogens (tertiary/aromatic N) is 3. The van der Waals surface area contributed by atoms with Crippen LogP contribution < -0.4 is 4.90 Å². The highest BCUT2D eigenvalue weighted by molar-refractivity contribution is 5.92. The Bertz CT molecular complexity index is 531. The van der Waals surface area contributed by atoms with Crippen molar-refractivity contribution in [3.8, 4) is 0 Å². The third-order valence-electron chi connectivity index (χ3n) is 3.74. The summed E-state index contributed by atoms with van der Waals surface area (Å²) in [5.41, 5.74) is 2.29. The van der Waals surface area contributed by atoms with Gasteiger partial charge >= 0.3 is 0 Å². The zero-order valence-electron chi connectivity index (χ0n) is 10.4. The standard InChI is InChI=1S/C13H18N4/c1-3-9(2)17-8-4-5-10-12-11(16-15-10)6-7-14-13(12)17/h6-7,9H,3-5,8H2,1-2H3,(H,15,16). The summed E-state index contributed by atoms with van der Waals surface area (Å²) >= 11 is 0. The summed E-state index contributed by atoms with van der Waals surface area (Å²) < 4.78 is 0. The van der Waals surface area contributed by atoms with Crippen LogP contribution in [0.2, 0.25) is 0 Å². The molecule has 1 N–H and O–H groups in total. The van der Waals surface area contributed by atoms with Gasteiger partial charge in [-0.05, 0) is 32.3 Å². The number of H-pyrrole nitrogens is 1. The van der Waals surface area contributed by atoms with E-state index in [4.69, 9.17) is 0 Å². The fourth-order valence-corrected chi connectivity index (χ4v) is 2.59. The van der Waals surface area contributed by atoms with Crippen LogP contribution in [0.3, 0.4) is 0 Å². The van der Waals surface area contributed by atoms with Crippen LogP contribution in [0, 0.1) is 0 Å². The Morgan fingerprint density at radius 3 is 3.24 bits per heavy atom. The molecule has 4 nitrogen and oxygen atoms in total. The van der Waals surface area contributed by atoms with Crippen molar-refractivity contribution >= 4 is 16.7 Å². The second-order valence-corrected chi connectivity index (χ2v) is 4.79. The van der Waals surface area contributed by atoms with Crippen LogP contribution in [0.5, 0.6) is 0 Å². The number of nitrogens with one attached hydrogen (secondary N) is 1. The minimum Gasteiger partial charge on any atom is -0.353 e. The van der Waals surface area contributed by atoms with Gasteiger partial charge in [0.1, 0.15) is 5.82 Å². The topological polar surface area (TPSA) is 44.8 Å². The predicted octanol–water partition coefficient (Wildman–Crippen LogP) is 2.51. The van der Waals surface area contributed by atoms with E-state index in [1.807, 2.05) is 12.3 Å². The van der Waals surface area contributed by atoms with Crippen molar-refractivity contribution in [3.05, 3.63) is 18.0 Å². The molecule has 0 spiro atoms. The van der Waals surface area contributed by atoms with Crippen molar-refractivity contribution in [1.29, 1.82) is 0 Å². The summed E-state index contributed by atoms with van der Waals surface area (Å²) in [6, 6.07) is 2.52. The molecule has 1 atom stereocenters. The van der Waals surface area contributed by atoms with Crippen LogP contribution in [0.25, 0.3) is 10.9 Å². The summed E-state index contributed by atoms with van der Waals surface area (Å²) in [5, 5.41) is 8.74. The SMILES string of the molecule is CCC(C)N1CCCc2[nH]nc3ccnc1c23. The lowest BCUT2D eigenvalue weighted by molar-refractivity contribution is 0.598. The summed E-state index contributed by atoms with van der Waals surface area (Å²) in [6.45, 7) is 5.58. The third-order valence-corrected chi connectivity index (χ3v) is 3.74. The molecule has 0 radical (unpaired) electrons. The van der Waals surface area contributed by atoms with Gasteiger partial charge in [0.15, 0.2) is 0 Å². The lowest BCUT2D eigenvalue weighted by Gasteiger charge is -2.28. The van der Waals surface area contributed by atoms with Crippen molar-refractivity contribution in [2.24, 2.45) is 0 Å². The van der Waals surface area contributed by atoms with Crippen LogP contribution in [0.4, 0.5) is 5.82 Å². The molecule has 0 saturated heterocycles. The summed E-state index contributed by atoms with van der Waals surface area (Å²) in [5.74, 6) is 1.11. The molecular weight excluding hydrogens is 212 g/mol. The van der Waals surface area contributed by atoms with E-state index >= 15 is 0 Å². The number of rotatable bonds is 2. The molecule has 1 aliphatic rings. The molecule has 0 aromatic carbocycles. The van der Waals surface area contributed by atoms with Crippen LogP contribution in [-0.2, 0) is 6.42 Å². The highest BCUT2D eigenvalue weighted by Crippen LogP contribution is 2.31. The molecule has 0 saturated carbocycles. The van der Waals surface area contributed by atoms with E-state index in [1.165, 1.54) is 11.1 Å². The normalized spacial score (nSPS) is 17.2. The average molecular weight is 230 g/mol. The lowest BCUT2D eigenvalue weighted by atomic mass is 10.2. The molecule has 0 amide bonds. The molecule has 1 unspecified atom stereocenters. The number of aromatic nitrogens is 3. The van der Waals surface area contributed by atoms with Crippen molar-refractivity contribution in [2.75, 3.05) is 11.4 Å². The Labute approximate surface area is 101 Å². The van der Waals surface area contributed by atoms with Gasteiger partial charge in [0.2, 0.25) is 0 Å². The highest BCUT2D eigenvalue weighted by atomic mass is 15.2. The minimum atomic E-state index is 0.536. The maximum absolute atomic E-state index is 4.59. The third kappa shape index (κ3) is 1.59. The van der Waals surface area contributed by atoms with Crippen LogP contribution in [0.1, 0.15) is 32.4 Å². The first kappa shape index (κ1) is 10.6. The number of anilines is 1. The first-order valence-electron chi connectivity index (χ1n) is 6.40. The van der Waals surface area contributed by atoms with Crippen molar-refractivity contribution < 1.29 is 0 Å². The molecule has 17 heavy (non-hydrogen) atoms. The van der Waals surface area contributed by atoms with Crippen molar-refractivity contribution in [3.63, 3.8) is 0 Å². The molecule has 3 heterocycles. The van der Waals surface area contributed by atoms with Gasteiger partial charge in [-0.3, -0.25) is 5.10 Å². The van der Waals surface area contributed by atoms with Crippen LogP contribution in [0.15, 0.2) is 12.3 Å². The fourth-order valence-electron chi connectivity index (χ4n) is 2.59. The first-order valence-corrected chi connectivity index (χ1v) is 6.40. The van der Waals surface area contributed by atoms with Crippen LogP contribution >= 0.6 is 0 Å². The first-order chi connectivity index (χ1) is 8.31. The number of hydrogen-bond donors (Lipinski definition) is 1. The Hall–Kier alpha value is -1.58. The summed E-state index contributed by atoms with van der Waals surface area (Å²) in [7, 11) is 0. The molecule has 3 rings (SSSR count). The highest BCUT2D eigenvalue weighted by Gasteiger charge is 2.22. The van der Waals surface area contributed by atoms with Gasteiger partial charge in [-0.2, -0.15) is 5.10 Å². The van der Waals surface area contributed by atoms with Gasteiger partial charge in [-0.15, -0.1) is 0 Å². The Balaban J connectivity index is 2.19. The second kappa shape index (κ2) is 4.02. The van der Waals surface area contributed by atoms with E-state index < -0.39 is 0 Å².